The molecule has 10 heteroatoms. The highest BCUT2D eigenvalue weighted by molar-refractivity contribution is 5.79. The number of alkyl halides is 3. The van der Waals surface area contributed by atoms with Crippen LogP contribution in [0.2, 0.25) is 0 Å². The van der Waals surface area contributed by atoms with Gasteiger partial charge < -0.3 is 9.64 Å². The number of pyridine rings is 1. The molecule has 28 heavy (non-hydrogen) atoms. The molecule has 2 aromatic rings. The zero-order valence-electron chi connectivity index (χ0n) is 14.6. The van der Waals surface area contributed by atoms with E-state index in [0.717, 1.165) is 18.3 Å². The first-order chi connectivity index (χ1) is 13.2. The van der Waals surface area contributed by atoms with Gasteiger partial charge in [-0.25, -0.2) is 4.98 Å². The van der Waals surface area contributed by atoms with Crippen LogP contribution in [0.25, 0.3) is 0 Å². The highest BCUT2D eigenvalue weighted by Gasteiger charge is 2.32. The number of aromatic nitrogens is 1. The molecule has 1 aromatic carbocycles. The van der Waals surface area contributed by atoms with Crippen LogP contribution in [0.5, 0.6) is 5.88 Å². The first-order valence-corrected chi connectivity index (χ1v) is 8.43. The molecule has 1 aliphatic heterocycles. The number of hydrogen-bond acceptors (Lipinski definition) is 5. The molecule has 1 saturated heterocycles. The maximum atomic E-state index is 12.8. The Labute approximate surface area is 157 Å². The van der Waals surface area contributed by atoms with Crippen LogP contribution in [0.3, 0.4) is 0 Å². The van der Waals surface area contributed by atoms with E-state index in [2.05, 4.69) is 4.98 Å². The van der Waals surface area contributed by atoms with Crippen molar-refractivity contribution in [3.8, 4) is 5.88 Å². The highest BCUT2D eigenvalue weighted by Crippen LogP contribution is 2.31. The summed E-state index contributed by atoms with van der Waals surface area (Å²) in [5.74, 6) is -0.318. The summed E-state index contributed by atoms with van der Waals surface area (Å²) in [7, 11) is 0. The van der Waals surface area contributed by atoms with Gasteiger partial charge in [-0.05, 0) is 11.6 Å². The van der Waals surface area contributed by atoms with Gasteiger partial charge in [-0.1, -0.05) is 12.1 Å². The predicted molar refractivity (Wildman–Crippen MR) is 91.7 cm³/mol. The van der Waals surface area contributed by atoms with E-state index in [1.54, 1.807) is 4.90 Å². The van der Waals surface area contributed by atoms with Crippen molar-refractivity contribution >= 4 is 11.6 Å². The Hall–Kier alpha value is -3.17. The second-order valence-electron chi connectivity index (χ2n) is 6.35. The lowest BCUT2D eigenvalue weighted by molar-refractivity contribution is -0.384. The van der Waals surface area contributed by atoms with E-state index in [1.165, 1.54) is 24.3 Å². The minimum absolute atomic E-state index is 0.0561. The smallest absolute Gasteiger partial charge is 0.416 e. The molecule has 1 fully saturated rings. The number of halogens is 3. The van der Waals surface area contributed by atoms with Crippen molar-refractivity contribution in [1.29, 1.82) is 0 Å². The van der Waals surface area contributed by atoms with Crippen LogP contribution >= 0.6 is 0 Å². The van der Waals surface area contributed by atoms with E-state index in [4.69, 9.17) is 4.74 Å². The van der Waals surface area contributed by atoms with Gasteiger partial charge in [0.25, 0.3) is 5.69 Å². The molecule has 0 saturated carbocycles. The van der Waals surface area contributed by atoms with Crippen molar-refractivity contribution in [3.05, 3.63) is 63.8 Å². The second kappa shape index (κ2) is 7.83. The number of non-ortho nitro benzene ring substituents is 1. The Bertz CT molecular complexity index is 871. The van der Waals surface area contributed by atoms with Crippen LogP contribution in [0.4, 0.5) is 18.9 Å². The largest absolute Gasteiger partial charge is 0.472 e. The van der Waals surface area contributed by atoms with Crippen molar-refractivity contribution in [1.82, 2.24) is 9.88 Å². The third-order valence-corrected chi connectivity index (χ3v) is 4.35. The van der Waals surface area contributed by atoms with Gasteiger partial charge in [0.05, 0.1) is 23.5 Å². The van der Waals surface area contributed by atoms with E-state index in [0.29, 0.717) is 18.5 Å². The number of nitro benzene ring substituents is 1. The normalized spacial score (nSPS) is 16.8. The van der Waals surface area contributed by atoms with Gasteiger partial charge in [-0.2, -0.15) is 13.2 Å². The zero-order chi connectivity index (χ0) is 20.3. The standard InChI is InChI=1S/C18H16F3N3O4/c19-18(20,21)13-5-7-22-16(10-13)28-15-6-8-23(11-15)17(25)9-12-1-3-14(4-2-12)24(26)27/h1-5,7,10,15H,6,8-9,11H2. The highest BCUT2D eigenvalue weighted by atomic mass is 19.4. The number of nitrogens with zero attached hydrogens (tertiary/aromatic N) is 3. The molecule has 2 heterocycles. The molecule has 1 aliphatic rings. The molecule has 1 atom stereocenters. The van der Waals surface area contributed by atoms with Crippen molar-refractivity contribution in [3.63, 3.8) is 0 Å². The summed E-state index contributed by atoms with van der Waals surface area (Å²) in [5.41, 5.74) is -0.263. The molecule has 1 aromatic heterocycles. The van der Waals surface area contributed by atoms with Gasteiger partial charge in [0.15, 0.2) is 0 Å². The molecule has 1 unspecified atom stereocenters. The van der Waals surface area contributed by atoms with Crippen molar-refractivity contribution in [2.45, 2.75) is 25.1 Å². The predicted octanol–water partition coefficient (Wildman–Crippen LogP) is 3.23. The average molecular weight is 395 g/mol. The first kappa shape index (κ1) is 19.6. The Morgan fingerprint density at radius 3 is 2.64 bits per heavy atom. The van der Waals surface area contributed by atoms with Crippen molar-refractivity contribution < 1.29 is 27.6 Å². The summed E-state index contributed by atoms with van der Waals surface area (Å²) in [4.78, 5) is 27.9. The fourth-order valence-electron chi connectivity index (χ4n) is 2.89. The molecule has 0 aliphatic carbocycles. The molecule has 0 radical (unpaired) electrons. The second-order valence-corrected chi connectivity index (χ2v) is 6.35. The van der Waals surface area contributed by atoms with Crippen LogP contribution in [0.15, 0.2) is 42.6 Å². The maximum absolute atomic E-state index is 12.8. The van der Waals surface area contributed by atoms with Gasteiger partial charge in [-0.15, -0.1) is 0 Å². The minimum atomic E-state index is -4.48. The number of hydrogen-bond donors (Lipinski definition) is 0. The third-order valence-electron chi connectivity index (χ3n) is 4.35. The van der Waals surface area contributed by atoms with Crippen LogP contribution in [0, 0.1) is 10.1 Å². The van der Waals surface area contributed by atoms with Gasteiger partial charge in [0.2, 0.25) is 11.8 Å². The molecule has 7 nitrogen and oxygen atoms in total. The number of likely N-dealkylation sites (tertiary alicyclic amines) is 1. The monoisotopic (exact) mass is 395 g/mol. The van der Waals surface area contributed by atoms with Gasteiger partial charge in [0, 0.05) is 37.4 Å². The number of rotatable bonds is 5. The summed E-state index contributed by atoms with van der Waals surface area (Å²) >= 11 is 0. The van der Waals surface area contributed by atoms with Crippen LogP contribution in [-0.4, -0.2) is 39.9 Å². The lowest BCUT2D eigenvalue weighted by Gasteiger charge is -2.17. The van der Waals surface area contributed by atoms with E-state index >= 15 is 0 Å². The number of benzene rings is 1. The van der Waals surface area contributed by atoms with Crippen molar-refractivity contribution in [2.24, 2.45) is 0 Å². The van der Waals surface area contributed by atoms with E-state index in [1.807, 2.05) is 0 Å². The summed E-state index contributed by atoms with van der Waals surface area (Å²) in [5, 5.41) is 10.7. The Kier molecular flexibility index (Phi) is 5.48. The van der Waals surface area contributed by atoms with Gasteiger partial charge in [-0.3, -0.25) is 14.9 Å². The molecule has 148 valence electrons. The molecular formula is C18H16F3N3O4. The first-order valence-electron chi connectivity index (χ1n) is 8.43. The lowest BCUT2D eigenvalue weighted by Crippen LogP contribution is -2.32. The number of carbonyl (C=O) groups excluding carboxylic acids is 1. The fraction of sp³-hybridized carbons (Fsp3) is 0.333. The maximum Gasteiger partial charge on any atom is 0.416 e. The number of ether oxygens (including phenoxy) is 1. The lowest BCUT2D eigenvalue weighted by atomic mass is 10.1. The quantitative estimate of drug-likeness (QED) is 0.573. The van der Waals surface area contributed by atoms with E-state index in [9.17, 15) is 28.1 Å². The van der Waals surface area contributed by atoms with Crippen molar-refractivity contribution in [2.75, 3.05) is 13.1 Å². The Balaban J connectivity index is 1.56. The minimum Gasteiger partial charge on any atom is -0.472 e. The average Bonchev–Trinajstić information content (AvgIpc) is 3.10. The summed E-state index contributed by atoms with van der Waals surface area (Å²) < 4.78 is 43.8. The number of carbonyl (C=O) groups is 1. The number of amides is 1. The zero-order valence-corrected chi connectivity index (χ0v) is 14.6. The van der Waals surface area contributed by atoms with Crippen LogP contribution < -0.4 is 4.74 Å². The Morgan fingerprint density at radius 1 is 1.29 bits per heavy atom. The molecule has 3 rings (SSSR count). The van der Waals surface area contributed by atoms with E-state index < -0.39 is 22.8 Å². The number of nitro groups is 1. The molecule has 0 bridgehead atoms. The molecular weight excluding hydrogens is 379 g/mol. The summed E-state index contributed by atoms with van der Waals surface area (Å²) in [6, 6.07) is 7.40. The SMILES string of the molecule is O=C(Cc1ccc([N+](=O)[O-])cc1)N1CCC(Oc2cc(C(F)(F)F)ccn2)C1. The van der Waals surface area contributed by atoms with Gasteiger partial charge in [0.1, 0.15) is 6.10 Å². The summed E-state index contributed by atoms with van der Waals surface area (Å²) in [6.45, 7) is 0.652. The van der Waals surface area contributed by atoms with Gasteiger partial charge >= 0.3 is 6.18 Å². The third kappa shape index (κ3) is 4.76. The Morgan fingerprint density at radius 2 is 2.00 bits per heavy atom. The molecule has 0 spiro atoms. The molecule has 1 amide bonds. The van der Waals surface area contributed by atoms with E-state index in [-0.39, 0.29) is 30.4 Å². The van der Waals surface area contributed by atoms with Crippen LogP contribution in [-0.2, 0) is 17.4 Å². The summed E-state index contributed by atoms with van der Waals surface area (Å²) in [6.07, 6.45) is -3.35. The topological polar surface area (TPSA) is 85.6 Å². The molecule has 0 N–H and O–H groups in total. The fourth-order valence-corrected chi connectivity index (χ4v) is 2.89. The van der Waals surface area contributed by atoms with Crippen LogP contribution in [0.1, 0.15) is 17.5 Å².